The molecular formula is C16H20O2. The van der Waals surface area contributed by atoms with E-state index >= 15 is 0 Å². The van der Waals surface area contributed by atoms with E-state index < -0.39 is 0 Å². The average molecular weight is 244 g/mol. The molecule has 0 radical (unpaired) electrons. The van der Waals surface area contributed by atoms with Gasteiger partial charge in [0.15, 0.2) is 0 Å². The zero-order valence-corrected chi connectivity index (χ0v) is 10.8. The topological polar surface area (TPSA) is 26.3 Å². The van der Waals surface area contributed by atoms with Gasteiger partial charge in [-0.2, -0.15) is 0 Å². The highest BCUT2D eigenvalue weighted by molar-refractivity contribution is 5.83. The minimum Gasteiger partial charge on any atom is -0.373 e. The zero-order chi connectivity index (χ0) is 12.5. The maximum absolute atomic E-state index is 11.8. The molecule has 3 rings (SSSR count). The molecule has 2 heteroatoms. The largest absolute Gasteiger partial charge is 0.373 e. The van der Waals surface area contributed by atoms with Crippen molar-refractivity contribution in [2.75, 3.05) is 0 Å². The van der Waals surface area contributed by atoms with Gasteiger partial charge >= 0.3 is 0 Å². The Morgan fingerprint density at radius 1 is 1.28 bits per heavy atom. The molecule has 2 aliphatic carbocycles. The first kappa shape index (κ1) is 11.9. The lowest BCUT2D eigenvalue weighted by Crippen LogP contribution is -2.24. The van der Waals surface area contributed by atoms with Gasteiger partial charge in [0.2, 0.25) is 0 Å². The number of Topliss-reactive ketones (excluding diaryl/α,β-unsaturated/α-hetero) is 1. The molecule has 0 aliphatic heterocycles. The highest BCUT2D eigenvalue weighted by Crippen LogP contribution is 2.46. The predicted molar refractivity (Wildman–Crippen MR) is 70.0 cm³/mol. The van der Waals surface area contributed by atoms with E-state index in [1.165, 1.54) is 5.56 Å². The van der Waals surface area contributed by atoms with Crippen molar-refractivity contribution in [1.82, 2.24) is 0 Å². The second kappa shape index (κ2) is 4.85. The third-order valence-electron chi connectivity index (χ3n) is 4.55. The molecule has 4 atom stereocenters. The molecule has 0 heterocycles. The van der Waals surface area contributed by atoms with Crippen molar-refractivity contribution < 1.29 is 9.53 Å². The lowest BCUT2D eigenvalue weighted by Gasteiger charge is -2.22. The van der Waals surface area contributed by atoms with Gasteiger partial charge in [-0.05, 0) is 30.2 Å². The molecule has 2 fully saturated rings. The number of benzene rings is 1. The van der Waals surface area contributed by atoms with Gasteiger partial charge in [-0.15, -0.1) is 0 Å². The first-order valence-electron chi connectivity index (χ1n) is 6.94. The monoisotopic (exact) mass is 244 g/mol. The quantitative estimate of drug-likeness (QED) is 0.816. The molecule has 2 saturated carbocycles. The summed E-state index contributed by atoms with van der Waals surface area (Å²) in [5.41, 5.74) is 1.22. The average Bonchev–Trinajstić information content (AvgIpc) is 2.89. The first-order chi connectivity index (χ1) is 8.75. The SMILES string of the molecule is C[C@@H]1C[C@@H]2C(=O)CC[C@@H]2[C@H]1OCc1ccccc1. The van der Waals surface area contributed by atoms with E-state index in [1.807, 2.05) is 18.2 Å². The fourth-order valence-corrected chi connectivity index (χ4v) is 3.64. The van der Waals surface area contributed by atoms with Crippen molar-refractivity contribution in [3.8, 4) is 0 Å². The Balaban J connectivity index is 1.64. The van der Waals surface area contributed by atoms with E-state index in [0.29, 0.717) is 30.1 Å². The molecule has 0 bridgehead atoms. The van der Waals surface area contributed by atoms with Crippen LogP contribution in [0.4, 0.5) is 0 Å². The van der Waals surface area contributed by atoms with Gasteiger partial charge in [0.05, 0.1) is 12.7 Å². The van der Waals surface area contributed by atoms with Crippen LogP contribution in [0.1, 0.15) is 31.7 Å². The second-order valence-corrected chi connectivity index (χ2v) is 5.75. The molecule has 18 heavy (non-hydrogen) atoms. The van der Waals surface area contributed by atoms with E-state index in [0.717, 1.165) is 19.3 Å². The van der Waals surface area contributed by atoms with Gasteiger partial charge in [0.1, 0.15) is 5.78 Å². The van der Waals surface area contributed by atoms with Gasteiger partial charge in [-0.1, -0.05) is 37.3 Å². The summed E-state index contributed by atoms with van der Waals surface area (Å²) >= 11 is 0. The highest BCUT2D eigenvalue weighted by Gasteiger charge is 2.48. The minimum absolute atomic E-state index is 0.279. The first-order valence-corrected chi connectivity index (χ1v) is 6.94. The maximum atomic E-state index is 11.8. The van der Waals surface area contributed by atoms with Gasteiger partial charge in [-0.25, -0.2) is 0 Å². The van der Waals surface area contributed by atoms with E-state index in [4.69, 9.17) is 4.74 Å². The molecule has 1 aromatic carbocycles. The molecular weight excluding hydrogens is 224 g/mol. The summed E-state index contributed by atoms with van der Waals surface area (Å²) in [6.07, 6.45) is 3.12. The smallest absolute Gasteiger partial charge is 0.136 e. The summed E-state index contributed by atoms with van der Waals surface area (Å²) in [4.78, 5) is 11.8. The second-order valence-electron chi connectivity index (χ2n) is 5.75. The number of rotatable bonds is 3. The van der Waals surface area contributed by atoms with Crippen LogP contribution in [-0.4, -0.2) is 11.9 Å². The van der Waals surface area contributed by atoms with Crippen LogP contribution in [0.2, 0.25) is 0 Å². The van der Waals surface area contributed by atoms with Gasteiger partial charge in [0, 0.05) is 12.3 Å². The molecule has 2 nitrogen and oxygen atoms in total. The van der Waals surface area contributed by atoms with Gasteiger partial charge in [0.25, 0.3) is 0 Å². The molecule has 1 aromatic rings. The van der Waals surface area contributed by atoms with Crippen molar-refractivity contribution in [3.05, 3.63) is 35.9 Å². The van der Waals surface area contributed by atoms with Crippen LogP contribution in [0.5, 0.6) is 0 Å². The Bertz CT molecular complexity index is 426. The number of carbonyl (C=O) groups excluding carboxylic acids is 1. The molecule has 96 valence electrons. The van der Waals surface area contributed by atoms with E-state index in [2.05, 4.69) is 19.1 Å². The highest BCUT2D eigenvalue weighted by atomic mass is 16.5. The van der Waals surface area contributed by atoms with Crippen molar-refractivity contribution in [3.63, 3.8) is 0 Å². The predicted octanol–water partition coefficient (Wildman–Crippen LogP) is 3.21. The maximum Gasteiger partial charge on any atom is 0.136 e. The molecule has 0 aromatic heterocycles. The van der Waals surface area contributed by atoms with Crippen molar-refractivity contribution >= 4 is 5.78 Å². The van der Waals surface area contributed by atoms with Crippen LogP contribution in [-0.2, 0) is 16.1 Å². The van der Waals surface area contributed by atoms with Crippen LogP contribution >= 0.6 is 0 Å². The van der Waals surface area contributed by atoms with Crippen molar-refractivity contribution in [1.29, 1.82) is 0 Å². The number of hydrogen-bond donors (Lipinski definition) is 0. The fraction of sp³-hybridized carbons (Fsp3) is 0.562. The van der Waals surface area contributed by atoms with Crippen molar-refractivity contribution in [2.45, 2.75) is 38.9 Å². The van der Waals surface area contributed by atoms with Crippen LogP contribution in [0, 0.1) is 17.8 Å². The van der Waals surface area contributed by atoms with E-state index in [-0.39, 0.29) is 6.10 Å². The number of fused-ring (bicyclic) bond motifs is 1. The standard InChI is InChI=1S/C16H20O2/c1-11-9-14-13(7-8-15(14)17)16(11)18-10-12-5-3-2-4-6-12/h2-6,11,13-14,16H,7-10H2,1H3/t11-,13+,14+,16+/m1/s1. The summed E-state index contributed by atoms with van der Waals surface area (Å²) in [6, 6.07) is 10.3. The Morgan fingerprint density at radius 2 is 2.06 bits per heavy atom. The normalized spacial score (nSPS) is 34.8. The third-order valence-corrected chi connectivity index (χ3v) is 4.55. The Kier molecular flexibility index (Phi) is 3.21. The van der Waals surface area contributed by atoms with E-state index in [9.17, 15) is 4.79 Å². The molecule has 2 aliphatic rings. The van der Waals surface area contributed by atoms with Crippen LogP contribution in [0.3, 0.4) is 0 Å². The zero-order valence-electron chi connectivity index (χ0n) is 10.8. The summed E-state index contributed by atoms with van der Waals surface area (Å²) in [6.45, 7) is 2.90. The lowest BCUT2D eigenvalue weighted by molar-refractivity contribution is -0.121. The minimum atomic E-state index is 0.279. The Morgan fingerprint density at radius 3 is 2.83 bits per heavy atom. The van der Waals surface area contributed by atoms with Crippen LogP contribution < -0.4 is 0 Å². The van der Waals surface area contributed by atoms with Crippen LogP contribution in [0.25, 0.3) is 0 Å². The summed E-state index contributed by atoms with van der Waals surface area (Å²) < 4.78 is 6.11. The Hall–Kier alpha value is -1.15. The van der Waals surface area contributed by atoms with E-state index in [1.54, 1.807) is 0 Å². The van der Waals surface area contributed by atoms with Crippen molar-refractivity contribution in [2.24, 2.45) is 17.8 Å². The van der Waals surface area contributed by atoms with Gasteiger partial charge in [-0.3, -0.25) is 4.79 Å². The molecule has 0 amide bonds. The number of ether oxygens (including phenoxy) is 1. The fourth-order valence-electron chi connectivity index (χ4n) is 3.64. The number of carbonyl (C=O) groups is 1. The number of ketones is 1. The summed E-state index contributed by atoms with van der Waals surface area (Å²) in [7, 11) is 0. The van der Waals surface area contributed by atoms with Gasteiger partial charge < -0.3 is 4.74 Å². The molecule has 0 spiro atoms. The Labute approximate surface area is 108 Å². The van der Waals surface area contributed by atoms with Crippen LogP contribution in [0.15, 0.2) is 30.3 Å². The molecule has 0 N–H and O–H groups in total. The third kappa shape index (κ3) is 2.10. The molecule has 0 unspecified atom stereocenters. The summed E-state index contributed by atoms with van der Waals surface area (Å²) in [5, 5.41) is 0. The summed E-state index contributed by atoms with van der Waals surface area (Å²) in [5.74, 6) is 1.77. The number of hydrogen-bond acceptors (Lipinski definition) is 2. The lowest BCUT2D eigenvalue weighted by atomic mass is 9.98. The molecule has 0 saturated heterocycles.